The first-order valence-corrected chi connectivity index (χ1v) is 5.02. The molecular weight excluding hydrogens is 166 g/mol. The molecule has 1 aliphatic rings. The Labute approximate surface area is 79.3 Å². The third kappa shape index (κ3) is 2.88. The number of hydrogen-bond acceptors (Lipinski definition) is 2. The van der Waals surface area contributed by atoms with Gasteiger partial charge in [0.1, 0.15) is 0 Å². The fourth-order valence-electron chi connectivity index (χ4n) is 1.96. The summed E-state index contributed by atoms with van der Waals surface area (Å²) in [6.45, 7) is 1.44. The van der Waals surface area contributed by atoms with Crippen molar-refractivity contribution in [1.82, 2.24) is 4.90 Å². The van der Waals surface area contributed by atoms with Crippen molar-refractivity contribution in [2.24, 2.45) is 11.5 Å². The minimum Gasteiger partial charge on any atom is -0.351 e. The molecule has 0 radical (unpaired) electrons. The number of carbonyl (C=O) groups excluding carboxylic acids is 1. The minimum absolute atomic E-state index is 0.282. The molecule has 0 spiro atoms. The van der Waals surface area contributed by atoms with Crippen LogP contribution in [0.2, 0.25) is 0 Å². The van der Waals surface area contributed by atoms with Crippen molar-refractivity contribution in [2.75, 3.05) is 13.1 Å². The molecule has 0 bridgehead atoms. The summed E-state index contributed by atoms with van der Waals surface area (Å²) in [5.74, 6) is 0. The molecular formula is C9H19N3O. The number of nitrogens with zero attached hydrogens (tertiary/aromatic N) is 1. The highest BCUT2D eigenvalue weighted by Gasteiger charge is 2.22. The van der Waals surface area contributed by atoms with Crippen LogP contribution in [-0.4, -0.2) is 30.1 Å². The van der Waals surface area contributed by atoms with Crippen molar-refractivity contribution in [2.45, 2.75) is 38.1 Å². The van der Waals surface area contributed by atoms with Gasteiger partial charge in [0, 0.05) is 12.6 Å². The zero-order valence-corrected chi connectivity index (χ0v) is 8.04. The molecule has 0 saturated carbocycles. The first-order valence-electron chi connectivity index (χ1n) is 5.02. The van der Waals surface area contributed by atoms with Crippen molar-refractivity contribution in [1.29, 1.82) is 0 Å². The lowest BCUT2D eigenvalue weighted by Crippen LogP contribution is -2.44. The molecule has 2 amide bonds. The van der Waals surface area contributed by atoms with Crippen LogP contribution < -0.4 is 11.5 Å². The van der Waals surface area contributed by atoms with Crippen molar-refractivity contribution in [3.63, 3.8) is 0 Å². The van der Waals surface area contributed by atoms with E-state index in [1.807, 2.05) is 0 Å². The fourth-order valence-corrected chi connectivity index (χ4v) is 1.96. The molecule has 0 aromatic heterocycles. The Balaban J connectivity index is 2.55. The molecule has 0 aliphatic carbocycles. The molecule has 0 aromatic carbocycles. The average molecular weight is 185 g/mol. The van der Waals surface area contributed by atoms with Crippen LogP contribution in [0.3, 0.4) is 0 Å². The van der Waals surface area contributed by atoms with Crippen LogP contribution in [0.4, 0.5) is 4.79 Å². The van der Waals surface area contributed by atoms with Gasteiger partial charge in [-0.25, -0.2) is 4.79 Å². The summed E-state index contributed by atoms with van der Waals surface area (Å²) in [7, 11) is 0. The van der Waals surface area contributed by atoms with Gasteiger partial charge in [0.05, 0.1) is 0 Å². The highest BCUT2D eigenvalue weighted by atomic mass is 16.2. The summed E-state index contributed by atoms with van der Waals surface area (Å²) in [4.78, 5) is 12.9. The molecule has 4 heteroatoms. The van der Waals surface area contributed by atoms with Crippen LogP contribution in [0.1, 0.15) is 32.1 Å². The second-order valence-electron chi connectivity index (χ2n) is 3.61. The lowest BCUT2D eigenvalue weighted by atomic mass is 10.1. The van der Waals surface area contributed by atoms with Crippen LogP contribution in [0.15, 0.2) is 0 Å². The normalized spacial score (nSPS) is 24.1. The molecule has 1 heterocycles. The van der Waals surface area contributed by atoms with E-state index < -0.39 is 0 Å². The highest BCUT2D eigenvalue weighted by molar-refractivity contribution is 5.72. The smallest absolute Gasteiger partial charge is 0.315 e. The molecule has 1 fully saturated rings. The van der Waals surface area contributed by atoms with Crippen molar-refractivity contribution >= 4 is 6.03 Å². The Kier molecular flexibility index (Phi) is 4.02. The van der Waals surface area contributed by atoms with Crippen LogP contribution in [0, 0.1) is 0 Å². The van der Waals surface area contributed by atoms with E-state index in [0.717, 1.165) is 25.8 Å². The third-order valence-electron chi connectivity index (χ3n) is 2.66. The molecule has 0 aromatic rings. The third-order valence-corrected chi connectivity index (χ3v) is 2.66. The van der Waals surface area contributed by atoms with Gasteiger partial charge in [0.15, 0.2) is 0 Å². The first-order chi connectivity index (χ1) is 6.25. The van der Waals surface area contributed by atoms with Crippen LogP contribution in [-0.2, 0) is 0 Å². The molecule has 76 valence electrons. The maximum Gasteiger partial charge on any atom is 0.315 e. The van der Waals surface area contributed by atoms with Gasteiger partial charge >= 0.3 is 6.03 Å². The van der Waals surface area contributed by atoms with E-state index in [9.17, 15) is 4.79 Å². The molecule has 4 N–H and O–H groups in total. The maximum absolute atomic E-state index is 11.1. The Morgan fingerprint density at radius 1 is 1.38 bits per heavy atom. The largest absolute Gasteiger partial charge is 0.351 e. The maximum atomic E-state index is 11.1. The van der Waals surface area contributed by atoms with E-state index in [-0.39, 0.29) is 12.1 Å². The van der Waals surface area contributed by atoms with E-state index in [0.29, 0.717) is 6.54 Å². The Morgan fingerprint density at radius 3 is 2.77 bits per heavy atom. The van der Waals surface area contributed by atoms with Gasteiger partial charge < -0.3 is 16.4 Å². The summed E-state index contributed by atoms with van der Waals surface area (Å²) in [6.07, 6.45) is 5.40. The zero-order chi connectivity index (χ0) is 9.68. The first kappa shape index (κ1) is 10.3. The minimum atomic E-state index is -0.291. The number of urea groups is 1. The number of likely N-dealkylation sites (tertiary alicyclic amines) is 1. The second-order valence-corrected chi connectivity index (χ2v) is 3.61. The van der Waals surface area contributed by atoms with E-state index in [2.05, 4.69) is 0 Å². The molecule has 4 nitrogen and oxygen atoms in total. The topological polar surface area (TPSA) is 72.3 Å². The molecule has 13 heavy (non-hydrogen) atoms. The number of nitrogens with two attached hydrogens (primary N) is 2. The number of carbonyl (C=O) groups is 1. The Morgan fingerprint density at radius 2 is 2.15 bits per heavy atom. The molecule has 1 rings (SSSR count). The molecule has 1 saturated heterocycles. The van der Waals surface area contributed by atoms with Crippen molar-refractivity contribution in [3.05, 3.63) is 0 Å². The highest BCUT2D eigenvalue weighted by Crippen LogP contribution is 2.18. The number of rotatable bonds is 2. The number of primary amides is 1. The van der Waals surface area contributed by atoms with Gasteiger partial charge in [-0.2, -0.15) is 0 Å². The SMILES string of the molecule is NCCC1CCCCCN1C(N)=O. The van der Waals surface area contributed by atoms with E-state index in [4.69, 9.17) is 11.5 Å². The van der Waals surface area contributed by atoms with Gasteiger partial charge in [0.25, 0.3) is 0 Å². The van der Waals surface area contributed by atoms with Crippen LogP contribution in [0.5, 0.6) is 0 Å². The predicted octanol–water partition coefficient (Wildman–Crippen LogP) is 0.658. The second kappa shape index (κ2) is 5.07. The lowest BCUT2D eigenvalue weighted by molar-refractivity contribution is 0.182. The summed E-state index contributed by atoms with van der Waals surface area (Å²) in [5.41, 5.74) is 10.8. The van der Waals surface area contributed by atoms with Gasteiger partial charge in [0.2, 0.25) is 0 Å². The van der Waals surface area contributed by atoms with E-state index in [1.165, 1.54) is 12.8 Å². The standard InChI is InChI=1S/C9H19N3O/c10-6-5-8-4-2-1-3-7-12(8)9(11)13/h8H,1-7,10H2,(H2,11,13). The molecule has 1 unspecified atom stereocenters. The van der Waals surface area contributed by atoms with Crippen LogP contribution in [0.25, 0.3) is 0 Å². The summed E-state index contributed by atoms with van der Waals surface area (Å²) in [5, 5.41) is 0. The predicted molar refractivity (Wildman–Crippen MR) is 52.2 cm³/mol. The number of amides is 2. The van der Waals surface area contributed by atoms with E-state index >= 15 is 0 Å². The quantitative estimate of drug-likeness (QED) is 0.663. The Hall–Kier alpha value is -0.770. The van der Waals surface area contributed by atoms with Crippen molar-refractivity contribution < 1.29 is 4.79 Å². The zero-order valence-electron chi connectivity index (χ0n) is 8.04. The summed E-state index contributed by atoms with van der Waals surface area (Å²) in [6, 6.07) is -0.00894. The van der Waals surface area contributed by atoms with E-state index in [1.54, 1.807) is 4.90 Å². The lowest BCUT2D eigenvalue weighted by Gasteiger charge is -2.27. The summed E-state index contributed by atoms with van der Waals surface area (Å²) >= 11 is 0. The van der Waals surface area contributed by atoms with Gasteiger partial charge in [-0.05, 0) is 25.8 Å². The Bertz CT molecular complexity index is 172. The fraction of sp³-hybridized carbons (Fsp3) is 0.889. The molecule has 1 atom stereocenters. The van der Waals surface area contributed by atoms with Gasteiger partial charge in [-0.3, -0.25) is 0 Å². The monoisotopic (exact) mass is 185 g/mol. The van der Waals surface area contributed by atoms with Gasteiger partial charge in [-0.15, -0.1) is 0 Å². The molecule has 1 aliphatic heterocycles. The van der Waals surface area contributed by atoms with Gasteiger partial charge in [-0.1, -0.05) is 12.8 Å². The number of hydrogen-bond donors (Lipinski definition) is 2. The average Bonchev–Trinajstić information content (AvgIpc) is 2.30. The van der Waals surface area contributed by atoms with Crippen molar-refractivity contribution in [3.8, 4) is 0 Å². The summed E-state index contributed by atoms with van der Waals surface area (Å²) < 4.78 is 0. The van der Waals surface area contributed by atoms with Crippen LogP contribution >= 0.6 is 0 Å².